The highest BCUT2D eigenvalue weighted by atomic mass is 16.7. The number of nitrogens with two attached hydrogens (primary N) is 2. The summed E-state index contributed by atoms with van der Waals surface area (Å²) in [5.74, 6) is 0. The van der Waals surface area contributed by atoms with Gasteiger partial charge in [0.1, 0.15) is 6.79 Å². The summed E-state index contributed by atoms with van der Waals surface area (Å²) in [5.41, 5.74) is 10.9. The Morgan fingerprint density at radius 1 is 1.00 bits per heavy atom. The Balaban J connectivity index is 2.91. The van der Waals surface area contributed by atoms with Crippen molar-refractivity contribution in [3.8, 4) is 0 Å². The van der Waals surface area contributed by atoms with Gasteiger partial charge in [0.15, 0.2) is 0 Å². The van der Waals surface area contributed by atoms with Gasteiger partial charge in [0.25, 0.3) is 0 Å². The van der Waals surface area contributed by atoms with Crippen LogP contribution >= 0.6 is 0 Å². The van der Waals surface area contributed by atoms with Gasteiger partial charge in [-0.2, -0.15) is 0 Å². The highest BCUT2D eigenvalue weighted by Crippen LogP contribution is 1.83. The Kier molecular flexibility index (Phi) is 6.45. The zero-order valence-corrected chi connectivity index (χ0v) is 7.25. The third kappa shape index (κ3) is 9.84. The van der Waals surface area contributed by atoms with Crippen molar-refractivity contribution < 1.29 is 9.47 Å². The topological polar surface area (TPSA) is 70.5 Å². The van der Waals surface area contributed by atoms with Gasteiger partial charge in [0.2, 0.25) is 0 Å². The van der Waals surface area contributed by atoms with Gasteiger partial charge >= 0.3 is 0 Å². The normalized spacial score (nSPS) is 16.4. The molecule has 11 heavy (non-hydrogen) atoms. The minimum absolute atomic E-state index is 0.0638. The molecule has 0 aromatic carbocycles. The van der Waals surface area contributed by atoms with Gasteiger partial charge in [0.05, 0.1) is 13.2 Å². The second kappa shape index (κ2) is 6.54. The summed E-state index contributed by atoms with van der Waals surface area (Å²) >= 11 is 0. The number of hydrogen-bond donors (Lipinski definition) is 2. The molecule has 0 aromatic heterocycles. The van der Waals surface area contributed by atoms with Crippen LogP contribution in [0.5, 0.6) is 0 Å². The minimum atomic E-state index is 0.0638. The van der Waals surface area contributed by atoms with Crippen LogP contribution in [-0.4, -0.2) is 32.1 Å². The number of ether oxygens (including phenoxy) is 2. The van der Waals surface area contributed by atoms with E-state index in [1.165, 1.54) is 0 Å². The van der Waals surface area contributed by atoms with Gasteiger partial charge in [-0.15, -0.1) is 0 Å². The van der Waals surface area contributed by atoms with E-state index in [1.54, 1.807) is 0 Å². The molecule has 2 unspecified atom stereocenters. The second-order valence-electron chi connectivity index (χ2n) is 2.81. The average molecular weight is 162 g/mol. The Morgan fingerprint density at radius 2 is 1.36 bits per heavy atom. The van der Waals surface area contributed by atoms with Gasteiger partial charge in [-0.25, -0.2) is 0 Å². The van der Waals surface area contributed by atoms with Gasteiger partial charge in [0, 0.05) is 12.1 Å². The molecule has 0 saturated heterocycles. The molecule has 2 atom stereocenters. The largest absolute Gasteiger partial charge is 0.354 e. The molecule has 0 spiro atoms. The van der Waals surface area contributed by atoms with Crippen LogP contribution in [0.2, 0.25) is 0 Å². The van der Waals surface area contributed by atoms with Crippen LogP contribution in [0.15, 0.2) is 0 Å². The highest BCUT2D eigenvalue weighted by molar-refractivity contribution is 4.48. The molecule has 0 aliphatic carbocycles. The van der Waals surface area contributed by atoms with Crippen molar-refractivity contribution in [1.82, 2.24) is 0 Å². The summed E-state index contributed by atoms with van der Waals surface area (Å²) in [4.78, 5) is 0. The maximum atomic E-state index is 5.43. The van der Waals surface area contributed by atoms with E-state index in [0.717, 1.165) is 0 Å². The lowest BCUT2D eigenvalue weighted by Gasteiger charge is -2.08. The van der Waals surface area contributed by atoms with Crippen molar-refractivity contribution in [2.75, 3.05) is 20.0 Å². The summed E-state index contributed by atoms with van der Waals surface area (Å²) in [6.45, 7) is 5.10. The van der Waals surface area contributed by atoms with E-state index in [2.05, 4.69) is 0 Å². The van der Waals surface area contributed by atoms with Crippen LogP contribution in [0.25, 0.3) is 0 Å². The Morgan fingerprint density at radius 3 is 1.64 bits per heavy atom. The lowest BCUT2D eigenvalue weighted by Crippen LogP contribution is -2.25. The number of rotatable bonds is 6. The SMILES string of the molecule is CC(N)COCOCC(C)N. The van der Waals surface area contributed by atoms with E-state index in [4.69, 9.17) is 20.9 Å². The summed E-state index contributed by atoms with van der Waals surface area (Å²) in [7, 11) is 0. The van der Waals surface area contributed by atoms with Crippen LogP contribution in [0.4, 0.5) is 0 Å². The first-order chi connectivity index (χ1) is 5.13. The molecule has 0 aliphatic heterocycles. The zero-order chi connectivity index (χ0) is 8.69. The Labute approximate surface area is 67.8 Å². The predicted molar refractivity (Wildman–Crippen MR) is 44.1 cm³/mol. The Hall–Kier alpha value is -0.160. The first kappa shape index (κ1) is 10.8. The average Bonchev–Trinajstić information content (AvgIpc) is 1.85. The van der Waals surface area contributed by atoms with Gasteiger partial charge in [-0.3, -0.25) is 0 Å². The molecule has 0 aliphatic rings. The summed E-state index contributed by atoms with van der Waals surface area (Å²) in [5, 5.41) is 0. The zero-order valence-electron chi connectivity index (χ0n) is 7.25. The second-order valence-corrected chi connectivity index (χ2v) is 2.81. The smallest absolute Gasteiger partial charge is 0.146 e. The maximum absolute atomic E-state index is 5.43. The molecule has 0 aromatic rings. The maximum Gasteiger partial charge on any atom is 0.146 e. The molecule has 0 saturated carbocycles. The van der Waals surface area contributed by atoms with E-state index >= 15 is 0 Å². The summed E-state index contributed by atoms with van der Waals surface area (Å²) in [6, 6.07) is 0.128. The number of hydrogen-bond acceptors (Lipinski definition) is 4. The molecule has 0 amide bonds. The quantitative estimate of drug-likeness (QED) is 0.414. The van der Waals surface area contributed by atoms with Crippen molar-refractivity contribution in [3.05, 3.63) is 0 Å². The van der Waals surface area contributed by atoms with E-state index in [-0.39, 0.29) is 18.9 Å². The third-order valence-corrected chi connectivity index (χ3v) is 0.928. The molecule has 0 fully saturated rings. The first-order valence-electron chi connectivity index (χ1n) is 3.79. The molecule has 4 nitrogen and oxygen atoms in total. The van der Waals surface area contributed by atoms with Gasteiger partial charge < -0.3 is 20.9 Å². The predicted octanol–water partition coefficient (Wildman–Crippen LogP) is -0.328. The van der Waals surface area contributed by atoms with Gasteiger partial charge in [-0.05, 0) is 13.8 Å². The van der Waals surface area contributed by atoms with Crippen LogP contribution in [0, 0.1) is 0 Å². The van der Waals surface area contributed by atoms with Crippen molar-refractivity contribution >= 4 is 0 Å². The van der Waals surface area contributed by atoms with Crippen LogP contribution in [0.1, 0.15) is 13.8 Å². The van der Waals surface area contributed by atoms with E-state index < -0.39 is 0 Å². The highest BCUT2D eigenvalue weighted by Gasteiger charge is 1.95. The fraction of sp³-hybridized carbons (Fsp3) is 1.00. The third-order valence-electron chi connectivity index (χ3n) is 0.928. The van der Waals surface area contributed by atoms with Crippen LogP contribution in [0.3, 0.4) is 0 Å². The molecular weight excluding hydrogens is 144 g/mol. The minimum Gasteiger partial charge on any atom is -0.354 e. The fourth-order valence-electron chi connectivity index (χ4n) is 0.527. The van der Waals surface area contributed by atoms with Crippen molar-refractivity contribution in [3.63, 3.8) is 0 Å². The van der Waals surface area contributed by atoms with Crippen LogP contribution < -0.4 is 11.5 Å². The standard InChI is InChI=1S/C7H18N2O2/c1-6(8)3-10-5-11-4-7(2)9/h6-7H,3-5,8-9H2,1-2H3. The molecule has 0 bridgehead atoms. The van der Waals surface area contributed by atoms with E-state index in [9.17, 15) is 0 Å². The lowest BCUT2D eigenvalue weighted by atomic mass is 10.4. The summed E-state index contributed by atoms with van der Waals surface area (Å²) in [6.07, 6.45) is 0. The Bertz CT molecular complexity index is 76.5. The van der Waals surface area contributed by atoms with Crippen molar-refractivity contribution in [2.24, 2.45) is 11.5 Å². The lowest BCUT2D eigenvalue weighted by molar-refractivity contribution is -0.0590. The molecule has 0 radical (unpaired) electrons. The molecule has 4 N–H and O–H groups in total. The molecule has 68 valence electrons. The molecule has 0 rings (SSSR count). The summed E-state index contributed by atoms with van der Waals surface area (Å²) < 4.78 is 10.1. The van der Waals surface area contributed by atoms with E-state index in [1.807, 2.05) is 13.8 Å². The van der Waals surface area contributed by atoms with E-state index in [0.29, 0.717) is 13.2 Å². The molecule has 0 heterocycles. The van der Waals surface area contributed by atoms with Crippen molar-refractivity contribution in [2.45, 2.75) is 25.9 Å². The van der Waals surface area contributed by atoms with Gasteiger partial charge in [-0.1, -0.05) is 0 Å². The first-order valence-corrected chi connectivity index (χ1v) is 3.79. The molecule has 4 heteroatoms. The van der Waals surface area contributed by atoms with Crippen molar-refractivity contribution in [1.29, 1.82) is 0 Å². The monoisotopic (exact) mass is 162 g/mol. The fourth-order valence-corrected chi connectivity index (χ4v) is 0.527. The van der Waals surface area contributed by atoms with Crippen LogP contribution in [-0.2, 0) is 9.47 Å². The molecular formula is C7H18N2O2.